The molecule has 1 amide bonds. The predicted octanol–water partition coefficient (Wildman–Crippen LogP) is 3.24. The number of hydrogen-bond donors (Lipinski definition) is 2. The molecule has 0 unspecified atom stereocenters. The van der Waals surface area contributed by atoms with Gasteiger partial charge in [-0.05, 0) is 48.9 Å². The molecular formula is C18H22N2O5S. The van der Waals surface area contributed by atoms with Gasteiger partial charge in [0.15, 0.2) is 0 Å². The van der Waals surface area contributed by atoms with Gasteiger partial charge < -0.3 is 14.8 Å². The molecule has 0 aliphatic rings. The monoisotopic (exact) mass is 378 g/mol. The summed E-state index contributed by atoms with van der Waals surface area (Å²) in [4.78, 5) is 11.7. The molecule has 2 N–H and O–H groups in total. The third-order valence-corrected chi connectivity index (χ3v) is 4.96. The minimum atomic E-state index is -3.91. The van der Waals surface area contributed by atoms with Crippen LogP contribution >= 0.6 is 0 Å². The number of rotatable bonds is 8. The summed E-state index contributed by atoms with van der Waals surface area (Å²) in [5.74, 6) is 0.620. The number of sulfonamides is 1. The molecule has 0 heterocycles. The van der Waals surface area contributed by atoms with Gasteiger partial charge >= 0.3 is 0 Å². The van der Waals surface area contributed by atoms with Crippen molar-refractivity contribution < 1.29 is 22.7 Å². The first-order valence-electron chi connectivity index (χ1n) is 8.04. The van der Waals surface area contributed by atoms with Crippen LogP contribution in [-0.4, -0.2) is 28.5 Å². The van der Waals surface area contributed by atoms with E-state index in [0.29, 0.717) is 30.0 Å². The van der Waals surface area contributed by atoms with Crippen LogP contribution in [0, 0.1) is 0 Å². The quantitative estimate of drug-likeness (QED) is 0.735. The van der Waals surface area contributed by atoms with Gasteiger partial charge in [0, 0.05) is 17.8 Å². The first kappa shape index (κ1) is 19.6. The van der Waals surface area contributed by atoms with Crippen molar-refractivity contribution >= 4 is 27.3 Å². The molecule has 8 heteroatoms. The zero-order valence-corrected chi connectivity index (χ0v) is 15.7. The number of ether oxygens (including phenoxy) is 2. The van der Waals surface area contributed by atoms with Gasteiger partial charge in [0.2, 0.25) is 5.91 Å². The molecule has 0 aliphatic carbocycles. The molecule has 2 rings (SSSR count). The molecule has 0 radical (unpaired) electrons. The molecule has 0 aliphatic heterocycles. The lowest BCUT2D eigenvalue weighted by atomic mass is 10.2. The Morgan fingerprint density at radius 2 is 1.65 bits per heavy atom. The Balaban J connectivity index is 2.31. The summed E-state index contributed by atoms with van der Waals surface area (Å²) in [6.07, 6.45) is 1.06. The van der Waals surface area contributed by atoms with Gasteiger partial charge in [-0.15, -0.1) is 0 Å². The van der Waals surface area contributed by atoms with E-state index in [-0.39, 0.29) is 16.6 Å². The number of nitrogens with one attached hydrogen (secondary N) is 2. The average Bonchev–Trinajstić information content (AvgIpc) is 2.62. The van der Waals surface area contributed by atoms with E-state index < -0.39 is 10.0 Å². The Kier molecular flexibility index (Phi) is 6.46. The number of methoxy groups -OCH3 is 2. The van der Waals surface area contributed by atoms with E-state index >= 15 is 0 Å². The van der Waals surface area contributed by atoms with E-state index in [1.807, 2.05) is 6.92 Å². The highest BCUT2D eigenvalue weighted by atomic mass is 32.2. The molecule has 7 nitrogen and oxygen atoms in total. The lowest BCUT2D eigenvalue weighted by Crippen LogP contribution is -2.16. The molecule has 2 aromatic carbocycles. The van der Waals surface area contributed by atoms with Crippen molar-refractivity contribution in [3.8, 4) is 11.5 Å². The molecule has 0 atom stereocenters. The summed E-state index contributed by atoms with van der Waals surface area (Å²) in [7, 11) is -0.997. The number of amides is 1. The second-order valence-electron chi connectivity index (χ2n) is 5.50. The van der Waals surface area contributed by atoms with Crippen LogP contribution in [0.2, 0.25) is 0 Å². The fraction of sp³-hybridized carbons (Fsp3) is 0.278. The van der Waals surface area contributed by atoms with Gasteiger partial charge in [-0.2, -0.15) is 0 Å². The van der Waals surface area contributed by atoms with Gasteiger partial charge in [0.05, 0.1) is 14.2 Å². The lowest BCUT2D eigenvalue weighted by Gasteiger charge is -2.14. The van der Waals surface area contributed by atoms with Crippen LogP contribution < -0.4 is 19.5 Å². The number of benzene rings is 2. The Hall–Kier alpha value is -2.74. The van der Waals surface area contributed by atoms with Crippen LogP contribution in [0.4, 0.5) is 11.4 Å². The van der Waals surface area contributed by atoms with E-state index in [0.717, 1.165) is 0 Å². The zero-order valence-electron chi connectivity index (χ0n) is 14.9. The maximum Gasteiger partial charge on any atom is 0.265 e. The third-order valence-electron chi connectivity index (χ3n) is 3.56. The van der Waals surface area contributed by atoms with Crippen LogP contribution in [0.1, 0.15) is 19.8 Å². The van der Waals surface area contributed by atoms with Crippen molar-refractivity contribution in [3.63, 3.8) is 0 Å². The number of anilines is 2. The highest BCUT2D eigenvalue weighted by molar-refractivity contribution is 7.92. The highest BCUT2D eigenvalue weighted by Crippen LogP contribution is 2.29. The van der Waals surface area contributed by atoms with Crippen molar-refractivity contribution in [1.82, 2.24) is 0 Å². The molecule has 0 saturated carbocycles. The molecular weight excluding hydrogens is 356 g/mol. The number of carbonyl (C=O) groups is 1. The van der Waals surface area contributed by atoms with Gasteiger partial charge in [-0.3, -0.25) is 9.52 Å². The fourth-order valence-electron chi connectivity index (χ4n) is 2.28. The minimum Gasteiger partial charge on any atom is -0.497 e. The maximum absolute atomic E-state index is 12.8. The highest BCUT2D eigenvalue weighted by Gasteiger charge is 2.21. The smallest absolute Gasteiger partial charge is 0.265 e. The Bertz CT molecular complexity index is 864. The van der Waals surface area contributed by atoms with Crippen LogP contribution in [-0.2, 0) is 14.8 Å². The fourth-order valence-corrected chi connectivity index (χ4v) is 3.54. The molecule has 0 saturated heterocycles. The summed E-state index contributed by atoms with van der Waals surface area (Å²) in [6, 6.07) is 11.0. The lowest BCUT2D eigenvalue weighted by molar-refractivity contribution is -0.116. The van der Waals surface area contributed by atoms with Crippen molar-refractivity contribution in [3.05, 3.63) is 42.5 Å². The molecule has 140 valence electrons. The van der Waals surface area contributed by atoms with E-state index in [4.69, 9.17) is 9.47 Å². The van der Waals surface area contributed by atoms with Gasteiger partial charge in [0.25, 0.3) is 10.0 Å². The van der Waals surface area contributed by atoms with Crippen LogP contribution in [0.3, 0.4) is 0 Å². The summed E-state index contributed by atoms with van der Waals surface area (Å²) in [6.45, 7) is 1.89. The topological polar surface area (TPSA) is 93.7 Å². The van der Waals surface area contributed by atoms with Crippen molar-refractivity contribution in [2.24, 2.45) is 0 Å². The molecule has 0 aromatic heterocycles. The standard InChI is InChI=1S/C18H22N2O5S/c1-4-5-18(21)19-14-8-11-16(25-3)17(12-14)26(22,23)20-13-6-9-15(24-2)10-7-13/h6-12,20H,4-5H2,1-3H3,(H,19,21). The van der Waals surface area contributed by atoms with Crippen LogP contribution in [0.25, 0.3) is 0 Å². The molecule has 0 bridgehead atoms. The van der Waals surface area contributed by atoms with Gasteiger partial charge in [-0.25, -0.2) is 8.42 Å². The molecule has 26 heavy (non-hydrogen) atoms. The van der Waals surface area contributed by atoms with Crippen LogP contribution in [0.15, 0.2) is 47.4 Å². The second-order valence-corrected chi connectivity index (χ2v) is 7.15. The average molecular weight is 378 g/mol. The van der Waals surface area contributed by atoms with E-state index in [2.05, 4.69) is 10.0 Å². The largest absolute Gasteiger partial charge is 0.497 e. The third kappa shape index (κ3) is 4.89. The van der Waals surface area contributed by atoms with Crippen molar-refractivity contribution in [2.75, 3.05) is 24.3 Å². The predicted molar refractivity (Wildman–Crippen MR) is 100 cm³/mol. The van der Waals surface area contributed by atoms with E-state index in [1.165, 1.54) is 26.4 Å². The number of hydrogen-bond acceptors (Lipinski definition) is 5. The Morgan fingerprint density at radius 3 is 2.23 bits per heavy atom. The Labute approximate surface area is 153 Å². The molecule has 0 fully saturated rings. The summed E-state index contributed by atoms with van der Waals surface area (Å²) >= 11 is 0. The Morgan fingerprint density at radius 1 is 1.00 bits per heavy atom. The SMILES string of the molecule is CCCC(=O)Nc1ccc(OC)c(S(=O)(=O)Nc2ccc(OC)cc2)c1. The first-order chi connectivity index (χ1) is 12.4. The van der Waals surface area contributed by atoms with Crippen LogP contribution in [0.5, 0.6) is 11.5 Å². The van der Waals surface area contributed by atoms with E-state index in [9.17, 15) is 13.2 Å². The first-order valence-corrected chi connectivity index (χ1v) is 9.52. The molecule has 0 spiro atoms. The minimum absolute atomic E-state index is 0.0647. The number of carbonyl (C=O) groups excluding carboxylic acids is 1. The van der Waals surface area contributed by atoms with E-state index in [1.54, 1.807) is 30.3 Å². The second kappa shape index (κ2) is 8.57. The summed E-state index contributed by atoms with van der Waals surface area (Å²) in [5, 5.41) is 2.68. The summed E-state index contributed by atoms with van der Waals surface area (Å²) < 4.78 is 38.2. The maximum atomic E-state index is 12.8. The zero-order chi connectivity index (χ0) is 19.2. The van der Waals surface area contributed by atoms with Crippen molar-refractivity contribution in [1.29, 1.82) is 0 Å². The van der Waals surface area contributed by atoms with Gasteiger partial charge in [0.1, 0.15) is 16.4 Å². The normalized spacial score (nSPS) is 10.9. The van der Waals surface area contributed by atoms with Crippen molar-refractivity contribution in [2.45, 2.75) is 24.7 Å². The van der Waals surface area contributed by atoms with Gasteiger partial charge in [-0.1, -0.05) is 6.92 Å². The summed E-state index contributed by atoms with van der Waals surface area (Å²) in [5.41, 5.74) is 0.771. The molecule has 2 aromatic rings.